The monoisotopic (exact) mass is 241 g/mol. The molecular weight excluding hydrogens is 226 g/mol. The van der Waals surface area contributed by atoms with Crippen LogP contribution in [0.5, 0.6) is 0 Å². The average molecular weight is 241 g/mol. The molecule has 0 atom stereocenters. The van der Waals surface area contributed by atoms with Crippen LogP contribution < -0.4 is 5.32 Å². The molecule has 1 heterocycles. The van der Waals surface area contributed by atoms with Crippen LogP contribution in [0.15, 0.2) is 6.20 Å². The minimum absolute atomic E-state index is 0.200. The van der Waals surface area contributed by atoms with Gasteiger partial charge >= 0.3 is 0 Å². The molecule has 88 valence electrons. The molecule has 0 spiro atoms. The fraction of sp³-hybridized carbons (Fsp3) is 0.700. The fourth-order valence-electron chi connectivity index (χ4n) is 1.99. The van der Waals surface area contributed by atoms with E-state index in [0.717, 1.165) is 37.2 Å². The summed E-state index contributed by atoms with van der Waals surface area (Å²) in [5.41, 5.74) is -0.716. The summed E-state index contributed by atoms with van der Waals surface area (Å²) >= 11 is 1.06. The Kier molecular flexibility index (Phi) is 3.50. The second-order valence-electron chi connectivity index (χ2n) is 4.25. The van der Waals surface area contributed by atoms with Crippen molar-refractivity contribution in [1.29, 1.82) is 0 Å². The average Bonchev–Trinajstić information content (AvgIpc) is 2.80. The quantitative estimate of drug-likeness (QED) is 0.826. The van der Waals surface area contributed by atoms with Crippen molar-refractivity contribution < 1.29 is 9.90 Å². The number of carbonyl (C=O) groups excluding carboxylic acids is 1. The molecule has 1 saturated carbocycles. The summed E-state index contributed by atoms with van der Waals surface area (Å²) in [5, 5.41) is 16.5. The first-order valence-electron chi connectivity index (χ1n) is 5.48. The van der Waals surface area contributed by atoms with Crippen molar-refractivity contribution in [3.05, 3.63) is 11.1 Å². The molecule has 1 fully saturated rings. The van der Waals surface area contributed by atoms with Gasteiger partial charge in [-0.1, -0.05) is 23.8 Å². The molecule has 5 nitrogen and oxygen atoms in total. The van der Waals surface area contributed by atoms with E-state index in [1.807, 2.05) is 0 Å². The van der Waals surface area contributed by atoms with Crippen molar-refractivity contribution in [2.45, 2.75) is 37.7 Å². The molecule has 1 aliphatic rings. The number of hydrogen-bond donors (Lipinski definition) is 2. The summed E-state index contributed by atoms with van der Waals surface area (Å²) in [7, 11) is 0. The lowest BCUT2D eigenvalue weighted by Gasteiger charge is -2.31. The van der Waals surface area contributed by atoms with Gasteiger partial charge in [-0.3, -0.25) is 4.79 Å². The van der Waals surface area contributed by atoms with Crippen molar-refractivity contribution in [1.82, 2.24) is 14.9 Å². The van der Waals surface area contributed by atoms with Crippen molar-refractivity contribution >= 4 is 17.4 Å². The van der Waals surface area contributed by atoms with E-state index in [1.165, 1.54) is 12.6 Å². The second kappa shape index (κ2) is 4.88. The Morgan fingerprint density at radius 1 is 1.50 bits per heavy atom. The lowest BCUT2D eigenvalue weighted by molar-refractivity contribution is 0.00529. The summed E-state index contributed by atoms with van der Waals surface area (Å²) in [6.07, 6.45) is 6.23. The van der Waals surface area contributed by atoms with Gasteiger partial charge < -0.3 is 10.4 Å². The molecule has 6 heteroatoms. The Labute approximate surface area is 98.0 Å². The predicted octanol–water partition coefficient (Wildman–Crippen LogP) is 0.963. The number of aromatic nitrogens is 2. The Hall–Kier alpha value is -1.01. The van der Waals surface area contributed by atoms with Gasteiger partial charge in [0.1, 0.15) is 4.88 Å². The highest BCUT2D eigenvalue weighted by molar-refractivity contribution is 7.07. The molecule has 0 bridgehead atoms. The highest BCUT2D eigenvalue weighted by Crippen LogP contribution is 2.27. The number of carbonyl (C=O) groups is 1. The SMILES string of the molecule is O=C(NCC1(O)CCCCC1)c1cnns1. The Bertz CT molecular complexity index is 347. The van der Waals surface area contributed by atoms with Gasteiger partial charge in [-0.05, 0) is 24.4 Å². The third kappa shape index (κ3) is 2.76. The number of aliphatic hydroxyl groups is 1. The maximum absolute atomic E-state index is 11.6. The van der Waals surface area contributed by atoms with Crippen LogP contribution in [0.1, 0.15) is 41.8 Å². The van der Waals surface area contributed by atoms with Crippen molar-refractivity contribution in [3.8, 4) is 0 Å². The van der Waals surface area contributed by atoms with E-state index in [0.29, 0.717) is 11.4 Å². The predicted molar refractivity (Wildman–Crippen MR) is 60.3 cm³/mol. The first kappa shape index (κ1) is 11.5. The summed E-state index contributed by atoms with van der Waals surface area (Å²) in [4.78, 5) is 12.1. The summed E-state index contributed by atoms with van der Waals surface area (Å²) < 4.78 is 3.62. The van der Waals surface area contributed by atoms with E-state index < -0.39 is 5.60 Å². The minimum Gasteiger partial charge on any atom is -0.388 e. The van der Waals surface area contributed by atoms with Crippen molar-refractivity contribution in [3.63, 3.8) is 0 Å². The molecule has 1 aromatic rings. The fourth-order valence-corrected chi connectivity index (χ4v) is 2.42. The van der Waals surface area contributed by atoms with Crippen LogP contribution in [0, 0.1) is 0 Å². The number of amides is 1. The molecule has 0 unspecified atom stereocenters. The standard InChI is InChI=1S/C10H15N3O2S/c14-9(8-6-12-13-16-8)11-7-10(15)4-2-1-3-5-10/h6,15H,1-5,7H2,(H,11,14). The van der Waals surface area contributed by atoms with Crippen LogP contribution in [-0.4, -0.2) is 32.7 Å². The number of rotatable bonds is 3. The minimum atomic E-state index is -0.716. The summed E-state index contributed by atoms with van der Waals surface area (Å²) in [6, 6.07) is 0. The maximum atomic E-state index is 11.6. The molecule has 0 radical (unpaired) electrons. The van der Waals surface area contributed by atoms with Gasteiger partial charge in [0.05, 0.1) is 11.8 Å². The zero-order valence-electron chi connectivity index (χ0n) is 8.98. The lowest BCUT2D eigenvalue weighted by Crippen LogP contribution is -2.44. The molecule has 2 N–H and O–H groups in total. The highest BCUT2D eigenvalue weighted by atomic mass is 32.1. The maximum Gasteiger partial charge on any atom is 0.264 e. The van der Waals surface area contributed by atoms with Crippen LogP contribution in [0.4, 0.5) is 0 Å². The van der Waals surface area contributed by atoms with Gasteiger partial charge in [0, 0.05) is 6.54 Å². The van der Waals surface area contributed by atoms with Crippen molar-refractivity contribution in [2.24, 2.45) is 0 Å². The number of nitrogens with one attached hydrogen (secondary N) is 1. The third-order valence-corrected chi connectivity index (χ3v) is 3.61. The smallest absolute Gasteiger partial charge is 0.264 e. The molecular formula is C10H15N3O2S. The molecule has 1 amide bonds. The Balaban J connectivity index is 1.84. The highest BCUT2D eigenvalue weighted by Gasteiger charge is 2.29. The zero-order valence-corrected chi connectivity index (χ0v) is 9.79. The van der Waals surface area contributed by atoms with Crippen LogP contribution in [-0.2, 0) is 0 Å². The molecule has 2 rings (SSSR count). The Morgan fingerprint density at radius 2 is 2.25 bits per heavy atom. The van der Waals surface area contributed by atoms with E-state index in [1.54, 1.807) is 0 Å². The Morgan fingerprint density at radius 3 is 2.88 bits per heavy atom. The summed E-state index contributed by atoms with van der Waals surface area (Å²) in [5.74, 6) is -0.200. The molecule has 0 saturated heterocycles. The van der Waals surface area contributed by atoms with Gasteiger partial charge in [0.2, 0.25) is 0 Å². The second-order valence-corrected chi connectivity index (χ2v) is 5.04. The summed E-state index contributed by atoms with van der Waals surface area (Å²) in [6.45, 7) is 0.323. The molecule has 1 aromatic heterocycles. The molecule has 0 aliphatic heterocycles. The van der Waals surface area contributed by atoms with Crippen LogP contribution >= 0.6 is 11.5 Å². The number of hydrogen-bond acceptors (Lipinski definition) is 5. The third-order valence-electron chi connectivity index (χ3n) is 2.95. The van der Waals surface area contributed by atoms with Crippen LogP contribution in [0.3, 0.4) is 0 Å². The van der Waals surface area contributed by atoms with Gasteiger partial charge in [-0.15, -0.1) is 5.10 Å². The first-order chi connectivity index (χ1) is 7.70. The topological polar surface area (TPSA) is 75.1 Å². The molecule has 16 heavy (non-hydrogen) atoms. The van der Waals surface area contributed by atoms with Gasteiger partial charge in [0.25, 0.3) is 5.91 Å². The van der Waals surface area contributed by atoms with Crippen LogP contribution in [0.25, 0.3) is 0 Å². The van der Waals surface area contributed by atoms with E-state index >= 15 is 0 Å². The van der Waals surface area contributed by atoms with Crippen LogP contribution in [0.2, 0.25) is 0 Å². The van der Waals surface area contributed by atoms with E-state index in [-0.39, 0.29) is 5.91 Å². The zero-order chi connectivity index (χ0) is 11.4. The van der Waals surface area contributed by atoms with E-state index in [9.17, 15) is 9.90 Å². The molecule has 0 aromatic carbocycles. The first-order valence-corrected chi connectivity index (χ1v) is 6.25. The van der Waals surface area contributed by atoms with Gasteiger partial charge in [-0.25, -0.2) is 0 Å². The van der Waals surface area contributed by atoms with Gasteiger partial charge in [-0.2, -0.15) is 0 Å². The molecule has 1 aliphatic carbocycles. The van der Waals surface area contributed by atoms with E-state index in [2.05, 4.69) is 14.9 Å². The largest absolute Gasteiger partial charge is 0.388 e. The van der Waals surface area contributed by atoms with Crippen molar-refractivity contribution in [2.75, 3.05) is 6.54 Å². The van der Waals surface area contributed by atoms with Gasteiger partial charge in [0.15, 0.2) is 0 Å². The van der Waals surface area contributed by atoms with E-state index in [4.69, 9.17) is 0 Å². The number of nitrogens with zero attached hydrogens (tertiary/aromatic N) is 2. The lowest BCUT2D eigenvalue weighted by atomic mass is 9.85. The normalized spacial score (nSPS) is 19.3.